The molecule has 2 rings (SSSR count). The Hall–Kier alpha value is -1.48. The van der Waals surface area contributed by atoms with Crippen LogP contribution in [-0.2, 0) is 23.1 Å². The van der Waals surface area contributed by atoms with E-state index in [9.17, 15) is 13.2 Å². The largest absolute Gasteiger partial charge is 0.316 e. The normalized spacial score (nSPS) is 11.7. The Morgan fingerprint density at radius 1 is 1.25 bits per heavy atom. The van der Waals surface area contributed by atoms with Crippen molar-refractivity contribution in [2.24, 2.45) is 0 Å². The zero-order valence-electron chi connectivity index (χ0n) is 10.8. The maximum absolute atomic E-state index is 12.3. The summed E-state index contributed by atoms with van der Waals surface area (Å²) in [4.78, 5) is 13.6. The molecule has 0 aliphatic carbocycles. The SMILES string of the molecule is CNCc1ccccc1S(=O)(=O)NCc1csc(=O)[nH]1. The molecule has 108 valence electrons. The summed E-state index contributed by atoms with van der Waals surface area (Å²) in [5.41, 5.74) is 1.25. The fourth-order valence-corrected chi connectivity index (χ4v) is 3.58. The fraction of sp³-hybridized carbons (Fsp3) is 0.250. The van der Waals surface area contributed by atoms with E-state index in [1.807, 2.05) is 0 Å². The summed E-state index contributed by atoms with van der Waals surface area (Å²) in [6.07, 6.45) is 0. The summed E-state index contributed by atoms with van der Waals surface area (Å²) >= 11 is 1.01. The van der Waals surface area contributed by atoms with Crippen molar-refractivity contribution in [2.75, 3.05) is 7.05 Å². The average molecular weight is 313 g/mol. The zero-order valence-corrected chi connectivity index (χ0v) is 12.5. The average Bonchev–Trinajstić information content (AvgIpc) is 2.83. The standard InChI is InChI=1S/C12H15N3O3S2/c1-13-6-9-4-2-3-5-11(9)20(17,18)14-7-10-8-19-12(16)15-10/h2-5,8,13-14H,6-7H2,1H3,(H,15,16). The van der Waals surface area contributed by atoms with E-state index in [2.05, 4.69) is 15.0 Å². The third-order valence-corrected chi connectivity index (χ3v) is 4.87. The van der Waals surface area contributed by atoms with Crippen molar-refractivity contribution in [3.63, 3.8) is 0 Å². The van der Waals surface area contributed by atoms with E-state index < -0.39 is 10.0 Å². The summed E-state index contributed by atoms with van der Waals surface area (Å²) < 4.78 is 27.0. The van der Waals surface area contributed by atoms with Crippen molar-refractivity contribution in [3.05, 3.63) is 50.6 Å². The van der Waals surface area contributed by atoms with Crippen molar-refractivity contribution in [1.29, 1.82) is 0 Å². The van der Waals surface area contributed by atoms with Gasteiger partial charge >= 0.3 is 4.87 Å². The van der Waals surface area contributed by atoms with Gasteiger partial charge in [-0.3, -0.25) is 4.79 Å². The van der Waals surface area contributed by atoms with E-state index in [-0.39, 0.29) is 16.3 Å². The fourth-order valence-electron chi connectivity index (χ4n) is 1.75. The second kappa shape index (κ2) is 6.31. The Kier molecular flexibility index (Phi) is 4.71. The maximum Gasteiger partial charge on any atom is 0.304 e. The minimum absolute atomic E-state index is 0.0644. The van der Waals surface area contributed by atoms with Crippen LogP contribution in [-0.4, -0.2) is 20.4 Å². The third-order valence-electron chi connectivity index (χ3n) is 2.65. The van der Waals surface area contributed by atoms with Crippen LogP contribution in [0.5, 0.6) is 0 Å². The van der Waals surface area contributed by atoms with Gasteiger partial charge in [-0.2, -0.15) is 0 Å². The second-order valence-electron chi connectivity index (χ2n) is 4.14. The van der Waals surface area contributed by atoms with E-state index in [0.717, 1.165) is 11.3 Å². The van der Waals surface area contributed by atoms with E-state index in [1.54, 1.807) is 36.7 Å². The molecule has 0 aliphatic rings. The highest BCUT2D eigenvalue weighted by Crippen LogP contribution is 2.15. The van der Waals surface area contributed by atoms with Gasteiger partial charge in [-0.1, -0.05) is 29.5 Å². The van der Waals surface area contributed by atoms with Crippen LogP contribution in [0.4, 0.5) is 0 Å². The Labute approximate surface area is 120 Å². The van der Waals surface area contributed by atoms with Gasteiger partial charge in [0.2, 0.25) is 10.0 Å². The van der Waals surface area contributed by atoms with Crippen molar-refractivity contribution in [2.45, 2.75) is 18.0 Å². The molecule has 0 fully saturated rings. The number of hydrogen-bond donors (Lipinski definition) is 3. The van der Waals surface area contributed by atoms with Crippen LogP contribution in [0.25, 0.3) is 0 Å². The predicted octanol–water partition coefficient (Wildman–Crippen LogP) is 0.634. The lowest BCUT2D eigenvalue weighted by Gasteiger charge is -2.10. The van der Waals surface area contributed by atoms with Gasteiger partial charge < -0.3 is 10.3 Å². The van der Waals surface area contributed by atoms with Crippen molar-refractivity contribution in [3.8, 4) is 0 Å². The van der Waals surface area contributed by atoms with E-state index in [4.69, 9.17) is 0 Å². The summed E-state index contributed by atoms with van der Waals surface area (Å²) in [6.45, 7) is 0.529. The summed E-state index contributed by atoms with van der Waals surface area (Å²) in [5, 5.41) is 4.54. The molecule has 20 heavy (non-hydrogen) atoms. The zero-order chi connectivity index (χ0) is 14.6. The number of sulfonamides is 1. The van der Waals surface area contributed by atoms with Gasteiger partial charge in [0.25, 0.3) is 0 Å². The first kappa shape index (κ1) is 14.9. The molecule has 0 bridgehead atoms. The molecule has 0 aliphatic heterocycles. The molecular weight excluding hydrogens is 298 g/mol. The predicted molar refractivity (Wildman–Crippen MR) is 78.2 cm³/mol. The highest BCUT2D eigenvalue weighted by Gasteiger charge is 2.17. The van der Waals surface area contributed by atoms with Crippen molar-refractivity contribution in [1.82, 2.24) is 15.0 Å². The van der Waals surface area contributed by atoms with E-state index in [0.29, 0.717) is 17.8 Å². The number of H-pyrrole nitrogens is 1. The highest BCUT2D eigenvalue weighted by atomic mass is 32.2. The molecule has 1 heterocycles. The molecule has 0 saturated heterocycles. The Morgan fingerprint density at radius 2 is 2.00 bits per heavy atom. The van der Waals surface area contributed by atoms with Crippen LogP contribution < -0.4 is 14.9 Å². The molecule has 8 heteroatoms. The third kappa shape index (κ3) is 3.54. The Balaban J connectivity index is 2.20. The lowest BCUT2D eigenvalue weighted by Crippen LogP contribution is -2.25. The first-order valence-corrected chi connectivity index (χ1v) is 8.28. The highest BCUT2D eigenvalue weighted by molar-refractivity contribution is 7.89. The minimum atomic E-state index is -3.61. The number of nitrogens with one attached hydrogen (secondary N) is 3. The molecule has 0 saturated carbocycles. The van der Waals surface area contributed by atoms with Crippen molar-refractivity contribution < 1.29 is 8.42 Å². The quantitative estimate of drug-likeness (QED) is 0.730. The molecular formula is C12H15N3O3S2. The van der Waals surface area contributed by atoms with Gasteiger partial charge in [-0.05, 0) is 18.7 Å². The molecule has 2 aromatic rings. The van der Waals surface area contributed by atoms with Gasteiger partial charge in [0.15, 0.2) is 0 Å². The van der Waals surface area contributed by atoms with Crippen LogP contribution in [0, 0.1) is 0 Å². The maximum atomic E-state index is 12.3. The first-order valence-electron chi connectivity index (χ1n) is 5.92. The lowest BCUT2D eigenvalue weighted by atomic mass is 10.2. The molecule has 0 atom stereocenters. The Bertz CT molecular complexity index is 734. The number of hydrogen-bond acceptors (Lipinski definition) is 5. The number of aromatic nitrogens is 1. The van der Waals surface area contributed by atoms with Gasteiger partial charge in [0.1, 0.15) is 0 Å². The molecule has 0 spiro atoms. The monoisotopic (exact) mass is 313 g/mol. The van der Waals surface area contributed by atoms with E-state index in [1.165, 1.54) is 0 Å². The summed E-state index contributed by atoms with van der Waals surface area (Å²) in [6, 6.07) is 6.80. The van der Waals surface area contributed by atoms with Crippen molar-refractivity contribution >= 4 is 21.4 Å². The lowest BCUT2D eigenvalue weighted by molar-refractivity contribution is 0.578. The Morgan fingerprint density at radius 3 is 2.65 bits per heavy atom. The molecule has 6 nitrogen and oxygen atoms in total. The molecule has 0 amide bonds. The van der Waals surface area contributed by atoms with Crippen LogP contribution in [0.2, 0.25) is 0 Å². The number of benzene rings is 1. The minimum Gasteiger partial charge on any atom is -0.316 e. The van der Waals surface area contributed by atoms with Crippen LogP contribution in [0.15, 0.2) is 39.3 Å². The smallest absolute Gasteiger partial charge is 0.304 e. The molecule has 1 aromatic carbocycles. The molecule has 0 radical (unpaired) electrons. The van der Waals surface area contributed by atoms with Crippen LogP contribution >= 0.6 is 11.3 Å². The van der Waals surface area contributed by atoms with Gasteiger partial charge in [0.05, 0.1) is 11.4 Å². The summed E-state index contributed by atoms with van der Waals surface area (Å²) in [7, 11) is -1.85. The topological polar surface area (TPSA) is 91.1 Å². The van der Waals surface area contributed by atoms with E-state index >= 15 is 0 Å². The summed E-state index contributed by atoms with van der Waals surface area (Å²) in [5.74, 6) is 0. The first-order chi connectivity index (χ1) is 9.53. The van der Waals surface area contributed by atoms with Gasteiger partial charge in [-0.25, -0.2) is 13.1 Å². The number of thiazole rings is 1. The second-order valence-corrected chi connectivity index (χ2v) is 6.71. The molecule has 0 unspecified atom stereocenters. The molecule has 1 aromatic heterocycles. The van der Waals surface area contributed by atoms with Crippen LogP contribution in [0.1, 0.15) is 11.3 Å². The number of rotatable bonds is 6. The molecule has 3 N–H and O–H groups in total. The van der Waals surface area contributed by atoms with Crippen LogP contribution in [0.3, 0.4) is 0 Å². The van der Waals surface area contributed by atoms with Gasteiger partial charge in [0, 0.05) is 17.6 Å². The van der Waals surface area contributed by atoms with Gasteiger partial charge in [-0.15, -0.1) is 0 Å². The number of aromatic amines is 1.